The molecule has 1 aliphatic carbocycles. The molecule has 3 rings (SSSR count). The summed E-state index contributed by atoms with van der Waals surface area (Å²) in [6.07, 6.45) is 7.90. The van der Waals surface area contributed by atoms with E-state index in [0.717, 1.165) is 37.9 Å². The van der Waals surface area contributed by atoms with Crippen LogP contribution in [0.15, 0.2) is 24.4 Å². The van der Waals surface area contributed by atoms with Crippen molar-refractivity contribution in [3.8, 4) is 0 Å². The number of ether oxygens (including phenoxy) is 1. The lowest BCUT2D eigenvalue weighted by molar-refractivity contribution is -0.144. The fourth-order valence-corrected chi connectivity index (χ4v) is 3.35. The summed E-state index contributed by atoms with van der Waals surface area (Å²) in [5.41, 5.74) is 1.07. The van der Waals surface area contributed by atoms with Crippen molar-refractivity contribution in [2.24, 2.45) is 0 Å². The van der Waals surface area contributed by atoms with Crippen LogP contribution in [0.25, 0.3) is 0 Å². The van der Waals surface area contributed by atoms with E-state index in [1.54, 1.807) is 0 Å². The molecule has 0 N–H and O–H groups in total. The number of carbonyl (C=O) groups excluding carboxylic acids is 1. The number of pyridine rings is 1. The van der Waals surface area contributed by atoms with Gasteiger partial charge in [-0.3, -0.25) is 9.78 Å². The van der Waals surface area contributed by atoms with Crippen molar-refractivity contribution in [1.82, 2.24) is 9.88 Å². The van der Waals surface area contributed by atoms with Crippen molar-refractivity contribution in [2.45, 2.75) is 50.7 Å². The van der Waals surface area contributed by atoms with E-state index < -0.39 is 0 Å². The molecule has 1 saturated carbocycles. The first-order chi connectivity index (χ1) is 9.84. The summed E-state index contributed by atoms with van der Waals surface area (Å²) < 4.78 is 5.75. The largest absolute Gasteiger partial charge is 0.374 e. The van der Waals surface area contributed by atoms with E-state index in [-0.39, 0.29) is 0 Å². The first-order valence-corrected chi connectivity index (χ1v) is 7.65. The molecule has 2 fully saturated rings. The zero-order valence-corrected chi connectivity index (χ0v) is 11.8. The Morgan fingerprint density at radius 2 is 2.35 bits per heavy atom. The predicted molar refractivity (Wildman–Crippen MR) is 76.3 cm³/mol. The van der Waals surface area contributed by atoms with Gasteiger partial charge in [-0.05, 0) is 44.2 Å². The summed E-state index contributed by atoms with van der Waals surface area (Å²) in [5.74, 6) is 0.293. The fourth-order valence-electron chi connectivity index (χ4n) is 3.35. The molecule has 0 aromatic carbocycles. The maximum absolute atomic E-state index is 12.4. The van der Waals surface area contributed by atoms with E-state index in [9.17, 15) is 4.79 Å². The zero-order chi connectivity index (χ0) is 13.8. The second-order valence-electron chi connectivity index (χ2n) is 5.67. The molecule has 2 atom stereocenters. The molecule has 2 aliphatic rings. The first kappa shape index (κ1) is 13.6. The molecular formula is C16H22N2O2. The van der Waals surface area contributed by atoms with E-state index in [1.165, 1.54) is 6.42 Å². The number of nitrogens with zero attached hydrogens (tertiary/aromatic N) is 2. The molecule has 4 heteroatoms. The lowest BCUT2D eigenvalue weighted by atomic mass is 10.1. The number of hydrogen-bond acceptors (Lipinski definition) is 3. The van der Waals surface area contributed by atoms with Crippen LogP contribution in [-0.2, 0) is 16.0 Å². The Hall–Kier alpha value is -1.42. The van der Waals surface area contributed by atoms with Gasteiger partial charge in [0.05, 0.1) is 18.8 Å². The third kappa shape index (κ3) is 3.01. The lowest BCUT2D eigenvalue weighted by Crippen LogP contribution is -2.51. The minimum Gasteiger partial charge on any atom is -0.374 e. The Bertz CT molecular complexity index is 449. The van der Waals surface area contributed by atoms with Crippen molar-refractivity contribution >= 4 is 5.91 Å². The number of aromatic nitrogens is 1. The third-order valence-corrected chi connectivity index (χ3v) is 4.35. The molecule has 2 heterocycles. The smallest absolute Gasteiger partial charge is 0.222 e. The summed E-state index contributed by atoms with van der Waals surface area (Å²) in [6, 6.07) is 6.27. The Balaban J connectivity index is 1.49. The second kappa shape index (κ2) is 6.35. The number of rotatable bonds is 4. The highest BCUT2D eigenvalue weighted by atomic mass is 16.5. The summed E-state index contributed by atoms with van der Waals surface area (Å²) >= 11 is 0. The van der Waals surface area contributed by atoms with Crippen LogP contribution in [0.5, 0.6) is 0 Å². The van der Waals surface area contributed by atoms with Crippen LogP contribution >= 0.6 is 0 Å². The first-order valence-electron chi connectivity index (χ1n) is 7.65. The van der Waals surface area contributed by atoms with Crippen molar-refractivity contribution in [1.29, 1.82) is 0 Å². The van der Waals surface area contributed by atoms with Gasteiger partial charge in [-0.15, -0.1) is 0 Å². The van der Waals surface area contributed by atoms with E-state index in [2.05, 4.69) is 9.88 Å². The normalized spacial score (nSPS) is 25.5. The van der Waals surface area contributed by atoms with Crippen LogP contribution in [0, 0.1) is 0 Å². The average molecular weight is 274 g/mol. The van der Waals surface area contributed by atoms with Crippen LogP contribution in [0.2, 0.25) is 0 Å². The van der Waals surface area contributed by atoms with Gasteiger partial charge in [0.2, 0.25) is 5.91 Å². The molecule has 4 nitrogen and oxygen atoms in total. The van der Waals surface area contributed by atoms with E-state index in [0.29, 0.717) is 31.1 Å². The minimum atomic E-state index is 0.293. The third-order valence-electron chi connectivity index (χ3n) is 4.35. The quantitative estimate of drug-likeness (QED) is 0.845. The Labute approximate surface area is 120 Å². The van der Waals surface area contributed by atoms with Crippen molar-refractivity contribution in [3.05, 3.63) is 30.1 Å². The Morgan fingerprint density at radius 1 is 1.40 bits per heavy atom. The van der Waals surface area contributed by atoms with Gasteiger partial charge in [-0.25, -0.2) is 0 Å². The average Bonchev–Trinajstić information content (AvgIpc) is 2.96. The van der Waals surface area contributed by atoms with Gasteiger partial charge >= 0.3 is 0 Å². The minimum absolute atomic E-state index is 0.293. The van der Waals surface area contributed by atoms with Gasteiger partial charge < -0.3 is 9.64 Å². The molecule has 0 unspecified atom stereocenters. The van der Waals surface area contributed by atoms with E-state index in [4.69, 9.17) is 4.74 Å². The zero-order valence-electron chi connectivity index (χ0n) is 11.8. The molecule has 0 bridgehead atoms. The number of amides is 1. The van der Waals surface area contributed by atoms with Gasteiger partial charge in [0.25, 0.3) is 0 Å². The summed E-state index contributed by atoms with van der Waals surface area (Å²) in [7, 11) is 0. The second-order valence-corrected chi connectivity index (χ2v) is 5.67. The number of carbonyl (C=O) groups is 1. The maximum atomic E-state index is 12.4. The number of aryl methyl sites for hydroxylation is 1. The predicted octanol–water partition coefficient (Wildman–Crippen LogP) is 2.18. The molecule has 1 aliphatic heterocycles. The summed E-state index contributed by atoms with van der Waals surface area (Å²) in [6.45, 7) is 1.47. The molecule has 108 valence electrons. The topological polar surface area (TPSA) is 42.4 Å². The molecule has 20 heavy (non-hydrogen) atoms. The standard InChI is InChI=1S/C16H22N2O2/c19-16(9-3-6-13-5-1-2-10-17-13)18-11-12-20-15-8-4-7-14(15)18/h1-2,5,10,14-15H,3-4,6-9,11-12H2/t14-,15-/m1/s1. The lowest BCUT2D eigenvalue weighted by Gasteiger charge is -2.37. The van der Waals surface area contributed by atoms with Crippen LogP contribution in [0.4, 0.5) is 0 Å². The van der Waals surface area contributed by atoms with Crippen LogP contribution < -0.4 is 0 Å². The molecule has 0 radical (unpaired) electrons. The van der Waals surface area contributed by atoms with Gasteiger partial charge in [0.15, 0.2) is 0 Å². The van der Waals surface area contributed by atoms with Gasteiger partial charge in [-0.2, -0.15) is 0 Å². The van der Waals surface area contributed by atoms with Gasteiger partial charge in [0, 0.05) is 24.9 Å². The highest BCUT2D eigenvalue weighted by Crippen LogP contribution is 2.30. The van der Waals surface area contributed by atoms with Crippen molar-refractivity contribution in [2.75, 3.05) is 13.2 Å². The molecule has 1 aromatic heterocycles. The SMILES string of the molecule is O=C(CCCc1ccccn1)N1CCO[C@@H]2CCC[C@H]21. The highest BCUT2D eigenvalue weighted by molar-refractivity contribution is 5.76. The van der Waals surface area contributed by atoms with Crippen LogP contribution in [-0.4, -0.2) is 41.1 Å². The van der Waals surface area contributed by atoms with Gasteiger partial charge in [-0.1, -0.05) is 6.07 Å². The monoisotopic (exact) mass is 274 g/mol. The summed E-state index contributed by atoms with van der Waals surface area (Å²) in [4.78, 5) is 18.7. The Morgan fingerprint density at radius 3 is 3.20 bits per heavy atom. The molecular weight excluding hydrogens is 252 g/mol. The number of morpholine rings is 1. The van der Waals surface area contributed by atoms with E-state index >= 15 is 0 Å². The maximum Gasteiger partial charge on any atom is 0.222 e. The molecule has 1 saturated heterocycles. The molecule has 1 amide bonds. The fraction of sp³-hybridized carbons (Fsp3) is 0.625. The molecule has 1 aromatic rings. The van der Waals surface area contributed by atoms with Gasteiger partial charge in [0.1, 0.15) is 0 Å². The highest BCUT2D eigenvalue weighted by Gasteiger charge is 2.37. The van der Waals surface area contributed by atoms with Crippen molar-refractivity contribution in [3.63, 3.8) is 0 Å². The number of fused-ring (bicyclic) bond motifs is 1. The van der Waals surface area contributed by atoms with Crippen LogP contribution in [0.1, 0.15) is 37.8 Å². The number of hydrogen-bond donors (Lipinski definition) is 0. The summed E-state index contributed by atoms with van der Waals surface area (Å²) in [5, 5.41) is 0. The Kier molecular flexibility index (Phi) is 4.31. The van der Waals surface area contributed by atoms with Crippen LogP contribution in [0.3, 0.4) is 0 Å². The van der Waals surface area contributed by atoms with Crippen molar-refractivity contribution < 1.29 is 9.53 Å². The molecule has 0 spiro atoms. The van der Waals surface area contributed by atoms with E-state index in [1.807, 2.05) is 24.4 Å².